The lowest BCUT2D eigenvalue weighted by Crippen LogP contribution is -2.55. The van der Waals surface area contributed by atoms with Crippen molar-refractivity contribution in [1.82, 2.24) is 10.1 Å². The van der Waals surface area contributed by atoms with Crippen LogP contribution in [0, 0.1) is 0 Å². The van der Waals surface area contributed by atoms with E-state index in [-0.39, 0.29) is 13.2 Å². The monoisotopic (exact) mass is 486 g/mol. The number of fused-ring (bicyclic) bond motifs is 1. The number of nitrogens with zero attached hydrogens (tertiary/aromatic N) is 3. The molecule has 0 aliphatic carbocycles. The second-order valence-corrected chi connectivity index (χ2v) is 9.22. The zero-order valence-electron chi connectivity index (χ0n) is 19.3. The molecule has 4 rings (SSSR count). The zero-order valence-corrected chi connectivity index (χ0v) is 20.1. The number of halogens is 1. The molecule has 0 saturated carbocycles. The van der Waals surface area contributed by atoms with Crippen molar-refractivity contribution in [2.75, 3.05) is 37.8 Å². The number of aliphatic hydroxyl groups excluding tert-OH is 2. The number of rotatable bonds is 11. The van der Waals surface area contributed by atoms with E-state index in [0.717, 1.165) is 54.6 Å². The molecule has 1 aliphatic rings. The van der Waals surface area contributed by atoms with Crippen molar-refractivity contribution in [3.05, 3.63) is 47.0 Å². The SMILES string of the molecule is CCCCCOc1ccc(-c2nc(-c3ccc4c(c3)CCN4CC(N)(CO)CO)no2)cc1Cl. The maximum atomic E-state index is 9.52. The first-order chi connectivity index (χ1) is 16.5. The van der Waals surface area contributed by atoms with E-state index in [4.69, 9.17) is 26.6 Å². The number of aromatic nitrogens is 2. The number of hydrogen-bond donors (Lipinski definition) is 3. The highest BCUT2D eigenvalue weighted by Crippen LogP contribution is 2.34. The molecule has 0 fully saturated rings. The molecule has 0 atom stereocenters. The molecule has 9 heteroatoms. The molecule has 0 bridgehead atoms. The molecule has 182 valence electrons. The summed E-state index contributed by atoms with van der Waals surface area (Å²) in [7, 11) is 0. The van der Waals surface area contributed by atoms with Gasteiger partial charge in [-0.05, 0) is 54.8 Å². The van der Waals surface area contributed by atoms with Gasteiger partial charge >= 0.3 is 0 Å². The summed E-state index contributed by atoms with van der Waals surface area (Å²) >= 11 is 6.40. The smallest absolute Gasteiger partial charge is 0.258 e. The van der Waals surface area contributed by atoms with Crippen LogP contribution in [0.1, 0.15) is 31.7 Å². The van der Waals surface area contributed by atoms with Gasteiger partial charge < -0.3 is 30.1 Å². The number of benzene rings is 2. The van der Waals surface area contributed by atoms with E-state index in [1.165, 1.54) is 0 Å². The first kappa shape index (κ1) is 24.5. The number of aliphatic hydroxyl groups is 2. The Morgan fingerprint density at radius 3 is 2.68 bits per heavy atom. The predicted octanol–water partition coefficient (Wildman–Crippen LogP) is 3.67. The lowest BCUT2D eigenvalue weighted by Gasteiger charge is -2.31. The van der Waals surface area contributed by atoms with E-state index < -0.39 is 5.54 Å². The molecular weight excluding hydrogens is 456 g/mol. The Kier molecular flexibility index (Phi) is 7.73. The largest absolute Gasteiger partial charge is 0.492 e. The van der Waals surface area contributed by atoms with Gasteiger partial charge in [-0.2, -0.15) is 4.98 Å². The Morgan fingerprint density at radius 2 is 1.94 bits per heavy atom. The second-order valence-electron chi connectivity index (χ2n) is 8.82. The van der Waals surface area contributed by atoms with Crippen LogP contribution in [0.25, 0.3) is 22.8 Å². The minimum absolute atomic E-state index is 0.283. The summed E-state index contributed by atoms with van der Waals surface area (Å²) < 4.78 is 11.3. The van der Waals surface area contributed by atoms with Gasteiger partial charge in [0.05, 0.1) is 30.4 Å². The Bertz CT molecular complexity index is 1120. The Balaban J connectivity index is 1.47. The van der Waals surface area contributed by atoms with Gasteiger partial charge in [0, 0.05) is 29.9 Å². The molecule has 0 spiro atoms. The first-order valence-electron chi connectivity index (χ1n) is 11.6. The normalized spacial score (nSPS) is 13.4. The second kappa shape index (κ2) is 10.7. The van der Waals surface area contributed by atoms with E-state index in [1.54, 1.807) is 6.07 Å². The number of anilines is 1. The highest BCUT2D eigenvalue weighted by molar-refractivity contribution is 6.32. The molecule has 2 heterocycles. The molecule has 1 aromatic heterocycles. The number of nitrogens with two attached hydrogens (primary N) is 1. The minimum Gasteiger partial charge on any atom is -0.492 e. The van der Waals surface area contributed by atoms with Crippen molar-refractivity contribution < 1.29 is 19.5 Å². The number of unbranched alkanes of at least 4 members (excludes halogenated alkanes) is 2. The number of hydrogen-bond acceptors (Lipinski definition) is 8. The van der Waals surface area contributed by atoms with Crippen LogP contribution in [-0.2, 0) is 6.42 Å². The lowest BCUT2D eigenvalue weighted by molar-refractivity contribution is 0.125. The molecule has 0 saturated heterocycles. The van der Waals surface area contributed by atoms with Crippen molar-refractivity contribution in [3.8, 4) is 28.6 Å². The first-order valence-corrected chi connectivity index (χ1v) is 12.0. The molecule has 1 aliphatic heterocycles. The topological polar surface area (TPSA) is 118 Å². The van der Waals surface area contributed by atoms with Gasteiger partial charge in [-0.15, -0.1) is 0 Å². The minimum atomic E-state index is -1.04. The van der Waals surface area contributed by atoms with E-state index >= 15 is 0 Å². The summed E-state index contributed by atoms with van der Waals surface area (Å²) in [6, 6.07) is 11.4. The van der Waals surface area contributed by atoms with Crippen molar-refractivity contribution in [2.45, 2.75) is 38.1 Å². The van der Waals surface area contributed by atoms with Crippen LogP contribution in [0.15, 0.2) is 40.9 Å². The van der Waals surface area contributed by atoms with Crippen molar-refractivity contribution in [3.63, 3.8) is 0 Å². The Morgan fingerprint density at radius 1 is 1.15 bits per heavy atom. The Hall–Kier alpha value is -2.65. The highest BCUT2D eigenvalue weighted by atomic mass is 35.5. The molecule has 4 N–H and O–H groups in total. The van der Waals surface area contributed by atoms with E-state index in [2.05, 4.69) is 22.0 Å². The molecular formula is C25H31ClN4O4. The summed E-state index contributed by atoms with van der Waals surface area (Å²) in [6.07, 6.45) is 4.09. The highest BCUT2D eigenvalue weighted by Gasteiger charge is 2.30. The van der Waals surface area contributed by atoms with Crippen molar-refractivity contribution in [1.29, 1.82) is 0 Å². The maximum Gasteiger partial charge on any atom is 0.258 e. The molecule has 0 amide bonds. The summed E-state index contributed by atoms with van der Waals surface area (Å²) in [5, 5.41) is 23.7. The van der Waals surface area contributed by atoms with Gasteiger partial charge in [0.25, 0.3) is 5.89 Å². The van der Waals surface area contributed by atoms with Crippen LogP contribution >= 0.6 is 11.6 Å². The van der Waals surface area contributed by atoms with Crippen molar-refractivity contribution >= 4 is 17.3 Å². The molecule has 3 aromatic rings. The Labute approximate surface area is 204 Å². The fourth-order valence-electron chi connectivity index (χ4n) is 4.05. The molecule has 0 unspecified atom stereocenters. The van der Waals surface area contributed by atoms with E-state index in [9.17, 15) is 10.2 Å². The third-order valence-electron chi connectivity index (χ3n) is 6.08. The van der Waals surface area contributed by atoms with Gasteiger partial charge in [0.15, 0.2) is 0 Å². The molecule has 8 nitrogen and oxygen atoms in total. The van der Waals surface area contributed by atoms with Crippen LogP contribution in [0.3, 0.4) is 0 Å². The van der Waals surface area contributed by atoms with Crippen LogP contribution < -0.4 is 15.4 Å². The van der Waals surface area contributed by atoms with Gasteiger partial charge in [0.2, 0.25) is 5.82 Å². The average Bonchev–Trinajstić information content (AvgIpc) is 3.50. The molecule has 34 heavy (non-hydrogen) atoms. The van der Waals surface area contributed by atoms with E-state index in [0.29, 0.717) is 35.6 Å². The van der Waals surface area contributed by atoms with Gasteiger partial charge in [-0.25, -0.2) is 0 Å². The summed E-state index contributed by atoms with van der Waals surface area (Å²) in [6.45, 7) is 3.36. The summed E-state index contributed by atoms with van der Waals surface area (Å²) in [4.78, 5) is 6.65. The fraction of sp³-hybridized carbons (Fsp3) is 0.440. The molecule has 0 radical (unpaired) electrons. The van der Waals surface area contributed by atoms with Gasteiger partial charge in [-0.1, -0.05) is 36.5 Å². The van der Waals surface area contributed by atoms with Crippen LogP contribution in [-0.4, -0.2) is 58.8 Å². The lowest BCUT2D eigenvalue weighted by atomic mass is 10.0. The zero-order chi connectivity index (χ0) is 24.1. The fourth-order valence-corrected chi connectivity index (χ4v) is 4.28. The van der Waals surface area contributed by atoms with Crippen LogP contribution in [0.4, 0.5) is 5.69 Å². The molecule has 2 aromatic carbocycles. The van der Waals surface area contributed by atoms with Gasteiger partial charge in [0.1, 0.15) is 5.75 Å². The average molecular weight is 487 g/mol. The third-order valence-corrected chi connectivity index (χ3v) is 6.37. The summed E-state index contributed by atoms with van der Waals surface area (Å²) in [5.74, 6) is 1.52. The van der Waals surface area contributed by atoms with Crippen LogP contribution in [0.5, 0.6) is 5.75 Å². The van der Waals surface area contributed by atoms with Crippen molar-refractivity contribution in [2.24, 2.45) is 5.73 Å². The summed E-state index contributed by atoms with van der Waals surface area (Å²) in [5.41, 5.74) is 8.78. The quantitative estimate of drug-likeness (QED) is 0.351. The third kappa shape index (κ3) is 5.36. The number of ether oxygens (including phenoxy) is 1. The standard InChI is InChI=1S/C25H31ClN4O4/c1-2-3-4-11-33-22-8-6-19(13-20(22)26)24-28-23(29-34-24)18-5-7-21-17(12-18)9-10-30(21)14-25(27,15-31)16-32/h5-8,12-13,31-32H,2-4,9-11,14-16,27H2,1H3. The van der Waals surface area contributed by atoms with Crippen LogP contribution in [0.2, 0.25) is 5.02 Å². The predicted molar refractivity (Wildman–Crippen MR) is 132 cm³/mol. The van der Waals surface area contributed by atoms with E-state index in [1.807, 2.05) is 30.3 Å². The van der Waals surface area contributed by atoms with Gasteiger partial charge in [-0.3, -0.25) is 0 Å². The maximum absolute atomic E-state index is 9.52.